The first-order valence-corrected chi connectivity index (χ1v) is 11.7. The number of amides is 1. The zero-order valence-electron chi connectivity index (χ0n) is 20.4. The zero-order valence-corrected chi connectivity index (χ0v) is 20.4. The number of para-hydroxylation sites is 1. The van der Waals surface area contributed by atoms with Gasteiger partial charge in [0, 0.05) is 36.0 Å². The van der Waals surface area contributed by atoms with E-state index in [0.717, 1.165) is 23.1 Å². The van der Waals surface area contributed by atoms with E-state index in [0.29, 0.717) is 41.6 Å². The molecule has 0 spiro atoms. The number of carbonyl (C=O) groups is 1. The first-order valence-electron chi connectivity index (χ1n) is 11.7. The smallest absolute Gasteiger partial charge is 0.253 e. The maximum absolute atomic E-state index is 13.2. The van der Waals surface area contributed by atoms with Crippen molar-refractivity contribution in [3.8, 4) is 22.6 Å². The van der Waals surface area contributed by atoms with E-state index in [2.05, 4.69) is 10.2 Å². The average Bonchev–Trinajstić information content (AvgIpc) is 3.36. The van der Waals surface area contributed by atoms with Gasteiger partial charge in [0.1, 0.15) is 0 Å². The maximum atomic E-state index is 13.2. The van der Waals surface area contributed by atoms with Crippen molar-refractivity contribution in [1.82, 2.24) is 15.1 Å². The second-order valence-electron chi connectivity index (χ2n) is 9.11. The van der Waals surface area contributed by atoms with E-state index in [9.17, 15) is 4.79 Å². The summed E-state index contributed by atoms with van der Waals surface area (Å²) in [6, 6.07) is 23.0. The molecule has 4 rings (SSSR count). The number of nitrogen functional groups attached to an aromatic ring is 1. The first kappa shape index (κ1) is 24.2. The number of anilines is 1. The molecule has 0 saturated carbocycles. The van der Waals surface area contributed by atoms with Crippen molar-refractivity contribution in [1.29, 1.82) is 0 Å². The molecule has 35 heavy (non-hydrogen) atoms. The maximum Gasteiger partial charge on any atom is 0.253 e. The predicted octanol–water partition coefficient (Wildman–Crippen LogP) is 4.88. The largest absolute Gasteiger partial charge is 0.419 e. The summed E-state index contributed by atoms with van der Waals surface area (Å²) in [6.07, 6.45) is 1.41. The van der Waals surface area contributed by atoms with Crippen molar-refractivity contribution in [2.75, 3.05) is 19.3 Å². The normalized spacial score (nSPS) is 12.8. The van der Waals surface area contributed by atoms with E-state index < -0.39 is 5.54 Å². The van der Waals surface area contributed by atoms with Crippen LogP contribution in [-0.2, 0) is 12.0 Å². The molecule has 4 aromatic rings. The van der Waals surface area contributed by atoms with Crippen molar-refractivity contribution in [3.63, 3.8) is 0 Å². The molecule has 0 bridgehead atoms. The molecule has 1 amide bonds. The molecular weight excluding hydrogens is 438 g/mol. The lowest BCUT2D eigenvalue weighted by Gasteiger charge is -2.20. The van der Waals surface area contributed by atoms with Gasteiger partial charge in [-0.2, -0.15) is 0 Å². The SMILES string of the molecule is CCCN(C)C(=O)c1cc(-c2nnc([C@](C)(N)Cc3ccccc3)o2)cc(-c2ccccc2N)c1. The molecule has 180 valence electrons. The summed E-state index contributed by atoms with van der Waals surface area (Å²) in [5.41, 5.74) is 16.5. The summed E-state index contributed by atoms with van der Waals surface area (Å²) < 4.78 is 6.07. The van der Waals surface area contributed by atoms with Crippen LogP contribution >= 0.6 is 0 Å². The minimum Gasteiger partial charge on any atom is -0.419 e. The lowest BCUT2D eigenvalue weighted by molar-refractivity contribution is 0.0795. The first-order chi connectivity index (χ1) is 16.8. The number of nitrogens with zero attached hydrogens (tertiary/aromatic N) is 3. The molecule has 0 fully saturated rings. The van der Waals surface area contributed by atoms with E-state index in [1.54, 1.807) is 18.0 Å². The molecule has 0 aliphatic carbocycles. The van der Waals surface area contributed by atoms with Crippen molar-refractivity contribution in [2.45, 2.75) is 32.2 Å². The van der Waals surface area contributed by atoms with Crippen LogP contribution in [0.5, 0.6) is 0 Å². The molecule has 0 aliphatic rings. The van der Waals surface area contributed by atoms with Gasteiger partial charge in [-0.25, -0.2) is 0 Å². The molecule has 7 nitrogen and oxygen atoms in total. The standard InChI is InChI=1S/C28H31N5O2/c1-4-14-33(3)26(34)22-16-20(23-12-8-9-13-24(23)29)15-21(17-22)25-31-32-27(35-25)28(2,30)18-19-10-6-5-7-11-19/h5-13,15-17H,4,14,18,29-30H2,1-3H3/t28-/m1/s1. The Bertz CT molecular complexity index is 1310. The molecule has 1 heterocycles. The summed E-state index contributed by atoms with van der Waals surface area (Å²) in [5, 5.41) is 8.54. The fourth-order valence-electron chi connectivity index (χ4n) is 4.11. The van der Waals surface area contributed by atoms with Crippen LogP contribution in [0.2, 0.25) is 0 Å². The Morgan fingerprint density at radius 2 is 1.69 bits per heavy atom. The van der Waals surface area contributed by atoms with Crippen LogP contribution in [0.15, 0.2) is 77.2 Å². The molecule has 1 atom stereocenters. The number of aromatic nitrogens is 2. The fraction of sp³-hybridized carbons (Fsp3) is 0.250. The number of hydrogen-bond donors (Lipinski definition) is 2. The quantitative estimate of drug-likeness (QED) is 0.356. The Balaban J connectivity index is 1.74. The third kappa shape index (κ3) is 5.41. The minimum absolute atomic E-state index is 0.0862. The molecule has 3 aromatic carbocycles. The van der Waals surface area contributed by atoms with Crippen molar-refractivity contribution in [3.05, 3.63) is 89.8 Å². The summed E-state index contributed by atoms with van der Waals surface area (Å²) in [5.74, 6) is 0.544. The van der Waals surface area contributed by atoms with Crippen molar-refractivity contribution >= 4 is 11.6 Å². The van der Waals surface area contributed by atoms with Crippen molar-refractivity contribution in [2.24, 2.45) is 5.73 Å². The molecule has 0 unspecified atom stereocenters. The number of rotatable bonds is 8. The average molecular weight is 470 g/mol. The zero-order chi connectivity index (χ0) is 25.0. The highest BCUT2D eigenvalue weighted by Crippen LogP contribution is 2.32. The Morgan fingerprint density at radius 1 is 1.00 bits per heavy atom. The number of carbonyl (C=O) groups excluding carboxylic acids is 1. The van der Waals surface area contributed by atoms with Crippen molar-refractivity contribution < 1.29 is 9.21 Å². The number of nitrogens with two attached hydrogens (primary N) is 2. The second-order valence-corrected chi connectivity index (χ2v) is 9.11. The Kier molecular flexibility index (Phi) is 6.98. The van der Waals surface area contributed by atoms with E-state index in [4.69, 9.17) is 15.9 Å². The topological polar surface area (TPSA) is 111 Å². The van der Waals surface area contributed by atoms with Crippen LogP contribution in [0.4, 0.5) is 5.69 Å². The summed E-state index contributed by atoms with van der Waals surface area (Å²) >= 11 is 0. The Labute approximate surface area is 205 Å². The third-order valence-corrected chi connectivity index (χ3v) is 5.93. The van der Waals surface area contributed by atoms with Crippen LogP contribution in [0.1, 0.15) is 42.1 Å². The van der Waals surface area contributed by atoms with E-state index >= 15 is 0 Å². The molecule has 7 heteroatoms. The molecule has 0 aliphatic heterocycles. The molecular formula is C28H31N5O2. The summed E-state index contributed by atoms with van der Waals surface area (Å²) in [6.45, 7) is 4.56. The highest BCUT2D eigenvalue weighted by atomic mass is 16.4. The van der Waals surface area contributed by atoms with E-state index in [1.165, 1.54) is 0 Å². The van der Waals surface area contributed by atoms with Gasteiger partial charge in [-0.1, -0.05) is 55.5 Å². The van der Waals surface area contributed by atoms with Crippen LogP contribution in [-0.4, -0.2) is 34.6 Å². The monoisotopic (exact) mass is 469 g/mol. The molecule has 0 radical (unpaired) electrons. The highest BCUT2D eigenvalue weighted by molar-refractivity contribution is 5.97. The Morgan fingerprint density at radius 3 is 2.40 bits per heavy atom. The van der Waals surface area contributed by atoms with Crippen LogP contribution in [0.25, 0.3) is 22.6 Å². The minimum atomic E-state index is -0.853. The summed E-state index contributed by atoms with van der Waals surface area (Å²) in [7, 11) is 1.79. The van der Waals surface area contributed by atoms with Gasteiger partial charge in [0.05, 0.1) is 5.54 Å². The van der Waals surface area contributed by atoms with Crippen LogP contribution in [0, 0.1) is 0 Å². The van der Waals surface area contributed by atoms with Gasteiger partial charge in [-0.3, -0.25) is 4.79 Å². The lowest BCUT2D eigenvalue weighted by atomic mass is 9.94. The van der Waals surface area contributed by atoms with Gasteiger partial charge >= 0.3 is 0 Å². The van der Waals surface area contributed by atoms with E-state index in [1.807, 2.05) is 80.6 Å². The number of benzene rings is 3. The van der Waals surface area contributed by atoms with Crippen LogP contribution in [0.3, 0.4) is 0 Å². The van der Waals surface area contributed by atoms with Gasteiger partial charge in [0.2, 0.25) is 11.8 Å². The lowest BCUT2D eigenvalue weighted by Crippen LogP contribution is -2.35. The summed E-state index contributed by atoms with van der Waals surface area (Å²) in [4.78, 5) is 14.9. The fourth-order valence-corrected chi connectivity index (χ4v) is 4.11. The van der Waals surface area contributed by atoms with Gasteiger partial charge in [0.15, 0.2) is 0 Å². The van der Waals surface area contributed by atoms with Gasteiger partial charge < -0.3 is 20.8 Å². The molecule has 1 aromatic heterocycles. The highest BCUT2D eigenvalue weighted by Gasteiger charge is 2.29. The van der Waals surface area contributed by atoms with Gasteiger partial charge in [-0.15, -0.1) is 10.2 Å². The Hall–Kier alpha value is -3.97. The second kappa shape index (κ2) is 10.1. The third-order valence-electron chi connectivity index (χ3n) is 5.93. The molecule has 0 saturated heterocycles. The van der Waals surface area contributed by atoms with E-state index in [-0.39, 0.29) is 5.91 Å². The number of hydrogen-bond acceptors (Lipinski definition) is 6. The predicted molar refractivity (Wildman–Crippen MR) is 139 cm³/mol. The van der Waals surface area contributed by atoms with Gasteiger partial charge in [-0.05, 0) is 55.2 Å². The molecule has 4 N–H and O–H groups in total. The van der Waals surface area contributed by atoms with Crippen LogP contribution < -0.4 is 11.5 Å². The van der Waals surface area contributed by atoms with Gasteiger partial charge in [0.25, 0.3) is 5.91 Å².